The molecular formula is C12H23N5O2S. The number of piperidine rings is 1. The molecule has 1 aromatic heterocycles. The summed E-state index contributed by atoms with van der Waals surface area (Å²) in [5.74, 6) is 0.562. The lowest BCUT2D eigenvalue weighted by molar-refractivity contribution is 0.272. The molecule has 2 rings (SSSR count). The van der Waals surface area contributed by atoms with E-state index >= 15 is 0 Å². The van der Waals surface area contributed by atoms with Crippen molar-refractivity contribution >= 4 is 15.9 Å². The van der Waals surface area contributed by atoms with Gasteiger partial charge in [0.05, 0.1) is 11.4 Å². The molecule has 20 heavy (non-hydrogen) atoms. The first-order valence-corrected chi connectivity index (χ1v) is 8.29. The molecule has 1 saturated heterocycles. The number of rotatable bonds is 5. The zero-order chi connectivity index (χ0) is 14.8. The van der Waals surface area contributed by atoms with Crippen LogP contribution in [0.25, 0.3) is 0 Å². The van der Waals surface area contributed by atoms with Gasteiger partial charge in [-0.1, -0.05) is 0 Å². The Hall–Kier alpha value is -1.12. The third-order valence-electron chi connectivity index (χ3n) is 3.66. The third kappa shape index (κ3) is 3.50. The van der Waals surface area contributed by atoms with Crippen molar-refractivity contribution in [1.29, 1.82) is 0 Å². The standard InChI is InChI=1S/C12H23N5O2S/c1-10-12(9-16(3)14-10)15-20(18,19)17-6-4-11(5-7-17)8-13-2/h9,11,13,15H,4-8H2,1-3H3. The van der Waals surface area contributed by atoms with Gasteiger partial charge in [-0.15, -0.1) is 0 Å². The van der Waals surface area contributed by atoms with Crippen molar-refractivity contribution in [3.05, 3.63) is 11.9 Å². The first-order valence-electron chi connectivity index (χ1n) is 6.85. The second-order valence-electron chi connectivity index (χ2n) is 5.31. The average molecular weight is 301 g/mol. The summed E-state index contributed by atoms with van der Waals surface area (Å²) in [7, 11) is 0.224. The molecule has 0 radical (unpaired) electrons. The molecule has 1 fully saturated rings. The van der Waals surface area contributed by atoms with Crippen LogP contribution in [0, 0.1) is 12.8 Å². The molecule has 7 nitrogen and oxygen atoms in total. The van der Waals surface area contributed by atoms with Crippen molar-refractivity contribution in [1.82, 2.24) is 19.4 Å². The number of anilines is 1. The van der Waals surface area contributed by atoms with Gasteiger partial charge < -0.3 is 5.32 Å². The van der Waals surface area contributed by atoms with Crippen LogP contribution >= 0.6 is 0 Å². The van der Waals surface area contributed by atoms with Crippen LogP contribution in [-0.4, -0.2) is 49.2 Å². The molecule has 0 spiro atoms. The summed E-state index contributed by atoms with van der Waals surface area (Å²) in [6, 6.07) is 0. The van der Waals surface area contributed by atoms with Gasteiger partial charge in [-0.3, -0.25) is 9.40 Å². The molecule has 0 aliphatic carbocycles. The van der Waals surface area contributed by atoms with Gasteiger partial charge >= 0.3 is 10.2 Å². The van der Waals surface area contributed by atoms with Crippen LogP contribution in [0.5, 0.6) is 0 Å². The zero-order valence-corrected chi connectivity index (χ0v) is 13.1. The Bertz CT molecular complexity index is 546. The van der Waals surface area contributed by atoms with E-state index in [9.17, 15) is 8.42 Å². The lowest BCUT2D eigenvalue weighted by Crippen LogP contribution is -2.43. The highest BCUT2D eigenvalue weighted by molar-refractivity contribution is 7.90. The molecule has 0 unspecified atom stereocenters. The molecule has 0 amide bonds. The predicted molar refractivity (Wildman–Crippen MR) is 78.7 cm³/mol. The molecule has 2 heterocycles. The Morgan fingerprint density at radius 1 is 1.40 bits per heavy atom. The molecule has 0 saturated carbocycles. The van der Waals surface area contributed by atoms with Crippen molar-refractivity contribution in [2.45, 2.75) is 19.8 Å². The monoisotopic (exact) mass is 301 g/mol. The van der Waals surface area contributed by atoms with Gasteiger partial charge in [0.2, 0.25) is 0 Å². The van der Waals surface area contributed by atoms with Crippen molar-refractivity contribution in [3.63, 3.8) is 0 Å². The van der Waals surface area contributed by atoms with Crippen molar-refractivity contribution in [2.24, 2.45) is 13.0 Å². The minimum Gasteiger partial charge on any atom is -0.319 e. The lowest BCUT2D eigenvalue weighted by Gasteiger charge is -2.31. The Kier molecular flexibility index (Phi) is 4.66. The maximum atomic E-state index is 12.3. The fourth-order valence-corrected chi connectivity index (χ4v) is 3.84. The third-order valence-corrected chi connectivity index (χ3v) is 5.18. The normalized spacial score (nSPS) is 18.4. The zero-order valence-electron chi connectivity index (χ0n) is 12.3. The Balaban J connectivity index is 1.99. The van der Waals surface area contributed by atoms with Gasteiger partial charge in [0.15, 0.2) is 0 Å². The average Bonchev–Trinajstić information content (AvgIpc) is 2.68. The minimum atomic E-state index is -3.47. The molecular weight excluding hydrogens is 278 g/mol. The molecule has 2 N–H and O–H groups in total. The van der Waals surface area contributed by atoms with Gasteiger partial charge in [-0.05, 0) is 39.3 Å². The second-order valence-corrected chi connectivity index (χ2v) is 6.98. The molecule has 0 bridgehead atoms. The fraction of sp³-hybridized carbons (Fsp3) is 0.750. The molecule has 114 valence electrons. The van der Waals surface area contributed by atoms with E-state index in [1.54, 1.807) is 24.9 Å². The van der Waals surface area contributed by atoms with Crippen molar-refractivity contribution in [3.8, 4) is 0 Å². The Morgan fingerprint density at radius 2 is 2.05 bits per heavy atom. The quantitative estimate of drug-likeness (QED) is 0.821. The highest BCUT2D eigenvalue weighted by atomic mass is 32.2. The first kappa shape index (κ1) is 15.3. The maximum Gasteiger partial charge on any atom is 0.301 e. The van der Waals surface area contributed by atoms with Crippen LogP contribution in [-0.2, 0) is 17.3 Å². The van der Waals surface area contributed by atoms with Crippen LogP contribution in [0.15, 0.2) is 6.20 Å². The first-order chi connectivity index (χ1) is 9.42. The second kappa shape index (κ2) is 6.11. The van der Waals surface area contributed by atoms with Crippen LogP contribution in [0.4, 0.5) is 5.69 Å². The summed E-state index contributed by atoms with van der Waals surface area (Å²) in [4.78, 5) is 0. The fourth-order valence-electron chi connectivity index (χ4n) is 2.55. The van der Waals surface area contributed by atoms with E-state index in [0.717, 1.165) is 19.4 Å². The summed E-state index contributed by atoms with van der Waals surface area (Å²) in [6.45, 7) is 3.88. The molecule has 0 aromatic carbocycles. The van der Waals surface area contributed by atoms with Crippen molar-refractivity contribution < 1.29 is 8.42 Å². The topological polar surface area (TPSA) is 79.3 Å². The summed E-state index contributed by atoms with van der Waals surface area (Å²) in [5.41, 5.74) is 1.23. The van der Waals surface area contributed by atoms with Crippen LogP contribution in [0.2, 0.25) is 0 Å². The van der Waals surface area contributed by atoms with Gasteiger partial charge in [0, 0.05) is 26.3 Å². The van der Waals surface area contributed by atoms with E-state index in [1.165, 1.54) is 4.31 Å². The predicted octanol–water partition coefficient (Wildman–Crippen LogP) is 0.317. The van der Waals surface area contributed by atoms with E-state index in [-0.39, 0.29) is 0 Å². The molecule has 1 aliphatic heterocycles. The summed E-state index contributed by atoms with van der Waals surface area (Å²) in [6.07, 6.45) is 3.47. The van der Waals surface area contributed by atoms with Gasteiger partial charge in [0.1, 0.15) is 0 Å². The number of aromatic nitrogens is 2. The molecule has 0 atom stereocenters. The lowest BCUT2D eigenvalue weighted by atomic mass is 9.98. The van der Waals surface area contributed by atoms with E-state index in [4.69, 9.17) is 0 Å². The highest BCUT2D eigenvalue weighted by Gasteiger charge is 2.28. The minimum absolute atomic E-state index is 0.546. The Labute approximate surface area is 120 Å². The Morgan fingerprint density at radius 3 is 2.55 bits per heavy atom. The van der Waals surface area contributed by atoms with Crippen LogP contribution in [0.3, 0.4) is 0 Å². The largest absolute Gasteiger partial charge is 0.319 e. The van der Waals surface area contributed by atoms with Crippen LogP contribution < -0.4 is 10.0 Å². The highest BCUT2D eigenvalue weighted by Crippen LogP contribution is 2.21. The SMILES string of the molecule is CNCC1CCN(S(=O)(=O)Nc2cn(C)nc2C)CC1. The number of nitrogens with zero attached hydrogens (tertiary/aromatic N) is 3. The molecule has 8 heteroatoms. The molecule has 1 aliphatic rings. The van der Waals surface area contributed by atoms with Crippen LogP contribution in [0.1, 0.15) is 18.5 Å². The van der Waals surface area contributed by atoms with E-state index in [2.05, 4.69) is 15.1 Å². The van der Waals surface area contributed by atoms with E-state index in [0.29, 0.717) is 30.4 Å². The van der Waals surface area contributed by atoms with Gasteiger partial charge in [-0.2, -0.15) is 17.8 Å². The number of hydrogen-bond donors (Lipinski definition) is 2. The summed E-state index contributed by atoms with van der Waals surface area (Å²) >= 11 is 0. The number of nitrogens with one attached hydrogen (secondary N) is 2. The smallest absolute Gasteiger partial charge is 0.301 e. The number of hydrogen-bond acceptors (Lipinski definition) is 4. The summed E-state index contributed by atoms with van der Waals surface area (Å²) in [5, 5.41) is 7.29. The van der Waals surface area contributed by atoms with Crippen molar-refractivity contribution in [2.75, 3.05) is 31.4 Å². The maximum absolute atomic E-state index is 12.3. The van der Waals surface area contributed by atoms with Gasteiger partial charge in [-0.25, -0.2) is 0 Å². The number of aryl methyl sites for hydroxylation is 2. The van der Waals surface area contributed by atoms with E-state index < -0.39 is 10.2 Å². The summed E-state index contributed by atoms with van der Waals surface area (Å²) < 4.78 is 30.4. The van der Waals surface area contributed by atoms with E-state index in [1.807, 2.05) is 7.05 Å². The van der Waals surface area contributed by atoms with Gasteiger partial charge in [0.25, 0.3) is 0 Å². The molecule has 1 aromatic rings.